The molecule has 3 nitrogen and oxygen atoms in total. The van der Waals surface area contributed by atoms with Crippen molar-refractivity contribution < 1.29 is 0 Å². The van der Waals surface area contributed by atoms with Crippen LogP contribution in [0.2, 0.25) is 0 Å². The molecule has 0 spiro atoms. The molecular weight excluding hydrogens is 202 g/mol. The number of rotatable bonds is 5. The molecule has 1 aromatic heterocycles. The van der Waals surface area contributed by atoms with Crippen LogP contribution in [0.25, 0.3) is 0 Å². The summed E-state index contributed by atoms with van der Waals surface area (Å²) in [5.74, 6) is 3.09. The first-order valence-corrected chi connectivity index (χ1v) is 6.78. The Kier molecular flexibility index (Phi) is 4.66. The Hall–Kier alpha value is -0.160. The monoisotopic (exact) mass is 217 g/mol. The van der Waals surface area contributed by atoms with Gasteiger partial charge in [0.15, 0.2) is 0 Å². The molecule has 0 N–H and O–H groups in total. The van der Waals surface area contributed by atoms with Crippen LogP contribution in [-0.4, -0.2) is 27.0 Å². The largest absolute Gasteiger partial charge is 0.187 e. The lowest BCUT2D eigenvalue weighted by atomic mass is 10.4. The summed E-state index contributed by atoms with van der Waals surface area (Å²) in [6, 6.07) is 0. The maximum atomic E-state index is 4.34. The molecule has 0 aliphatic carbocycles. The summed E-state index contributed by atoms with van der Waals surface area (Å²) in [6.07, 6.45) is 2.09. The van der Waals surface area contributed by atoms with Crippen LogP contribution in [-0.2, 0) is 18.6 Å². The molecule has 0 amide bonds. The van der Waals surface area contributed by atoms with Crippen molar-refractivity contribution in [2.24, 2.45) is 7.05 Å². The van der Waals surface area contributed by atoms with Gasteiger partial charge >= 0.3 is 0 Å². The summed E-state index contributed by atoms with van der Waals surface area (Å²) in [5, 5.41) is 8.66. The minimum atomic E-state index is 0.966. The van der Waals surface area contributed by atoms with Crippen LogP contribution in [0.4, 0.5) is 0 Å². The van der Waals surface area contributed by atoms with E-state index in [1.54, 1.807) is 16.6 Å². The van der Waals surface area contributed by atoms with Crippen molar-refractivity contribution in [1.82, 2.24) is 15.0 Å². The lowest BCUT2D eigenvalue weighted by Gasteiger charge is -1.96. The lowest BCUT2D eigenvalue weighted by molar-refractivity contribution is 0.645. The highest BCUT2D eigenvalue weighted by atomic mass is 32.2. The Balaban J connectivity index is 2.66. The molecule has 0 radical (unpaired) electrons. The molecule has 0 aliphatic rings. The molecule has 1 aromatic rings. The minimum Gasteiger partial charge on any atom is -0.187 e. The first-order chi connectivity index (χ1) is 6.27. The van der Waals surface area contributed by atoms with E-state index in [-0.39, 0.29) is 0 Å². The van der Waals surface area contributed by atoms with Gasteiger partial charge in [0.25, 0.3) is 0 Å². The fourth-order valence-corrected chi connectivity index (χ4v) is 2.17. The zero-order valence-corrected chi connectivity index (χ0v) is 9.91. The Bertz CT molecular complexity index is 260. The van der Waals surface area contributed by atoms with Crippen molar-refractivity contribution in [3.8, 4) is 0 Å². The number of hydrogen-bond acceptors (Lipinski definition) is 4. The maximum absolute atomic E-state index is 4.34. The number of hydrogen-bond donors (Lipinski definition) is 0. The van der Waals surface area contributed by atoms with Crippen molar-refractivity contribution in [1.29, 1.82) is 0 Å². The van der Waals surface area contributed by atoms with Gasteiger partial charge in [-0.3, -0.25) is 0 Å². The van der Waals surface area contributed by atoms with Gasteiger partial charge in [-0.1, -0.05) is 6.92 Å². The molecule has 0 aromatic carbocycles. The third-order valence-electron chi connectivity index (χ3n) is 1.59. The zero-order chi connectivity index (χ0) is 9.68. The molecule has 0 saturated carbocycles. The van der Waals surface area contributed by atoms with Gasteiger partial charge in [-0.2, -0.15) is 38.5 Å². The highest BCUT2D eigenvalue weighted by Gasteiger charge is 2.07. The van der Waals surface area contributed by atoms with E-state index < -0.39 is 0 Å². The summed E-state index contributed by atoms with van der Waals surface area (Å²) >= 11 is 3.68. The Morgan fingerprint density at radius 2 is 1.85 bits per heavy atom. The van der Waals surface area contributed by atoms with Crippen molar-refractivity contribution in [3.63, 3.8) is 0 Å². The van der Waals surface area contributed by atoms with Crippen molar-refractivity contribution in [2.45, 2.75) is 18.4 Å². The van der Waals surface area contributed by atoms with Crippen molar-refractivity contribution in [3.05, 3.63) is 11.4 Å². The predicted molar refractivity (Wildman–Crippen MR) is 60.1 cm³/mol. The van der Waals surface area contributed by atoms with Crippen LogP contribution in [0.15, 0.2) is 0 Å². The van der Waals surface area contributed by atoms with E-state index in [2.05, 4.69) is 23.4 Å². The molecule has 0 saturated heterocycles. The van der Waals surface area contributed by atoms with E-state index in [4.69, 9.17) is 0 Å². The summed E-state index contributed by atoms with van der Waals surface area (Å²) in [7, 11) is 1.88. The second-order valence-electron chi connectivity index (χ2n) is 2.65. The van der Waals surface area contributed by atoms with Crippen LogP contribution in [0.5, 0.6) is 0 Å². The highest BCUT2D eigenvalue weighted by molar-refractivity contribution is 7.98. The van der Waals surface area contributed by atoms with E-state index in [0.717, 1.165) is 28.6 Å². The Morgan fingerprint density at radius 3 is 2.38 bits per heavy atom. The minimum absolute atomic E-state index is 0.966. The van der Waals surface area contributed by atoms with Crippen LogP contribution in [0.3, 0.4) is 0 Å². The molecule has 0 bridgehead atoms. The second kappa shape index (κ2) is 5.54. The number of nitrogens with zero attached hydrogens (tertiary/aromatic N) is 3. The third kappa shape index (κ3) is 3.23. The van der Waals surface area contributed by atoms with E-state index in [1.165, 1.54) is 0 Å². The molecule has 1 rings (SSSR count). The van der Waals surface area contributed by atoms with Crippen molar-refractivity contribution in [2.75, 3.05) is 12.0 Å². The average Bonchev–Trinajstić information content (AvgIpc) is 2.44. The van der Waals surface area contributed by atoms with Crippen molar-refractivity contribution >= 4 is 23.5 Å². The Labute approximate surface area is 87.7 Å². The van der Waals surface area contributed by atoms with Gasteiger partial charge in [-0.15, -0.1) is 0 Å². The third-order valence-corrected chi connectivity index (χ3v) is 3.04. The fraction of sp³-hybridized carbons (Fsp3) is 0.750. The van der Waals surface area contributed by atoms with Gasteiger partial charge in [0.05, 0.1) is 11.4 Å². The van der Waals surface area contributed by atoms with Gasteiger partial charge in [0.2, 0.25) is 0 Å². The van der Waals surface area contributed by atoms with Crippen LogP contribution in [0, 0.1) is 0 Å². The normalized spacial score (nSPS) is 10.7. The molecule has 1 heterocycles. The van der Waals surface area contributed by atoms with E-state index in [1.807, 2.05) is 18.8 Å². The predicted octanol–water partition coefficient (Wildman–Crippen LogP) is 1.93. The smallest absolute Gasteiger partial charge is 0.0966 e. The number of aryl methyl sites for hydroxylation is 1. The molecule has 74 valence electrons. The molecular formula is C8H15N3S2. The number of aromatic nitrogens is 3. The van der Waals surface area contributed by atoms with Crippen LogP contribution in [0.1, 0.15) is 18.3 Å². The van der Waals surface area contributed by atoms with E-state index in [0.29, 0.717) is 0 Å². The van der Waals surface area contributed by atoms with Crippen LogP contribution >= 0.6 is 23.5 Å². The summed E-state index contributed by atoms with van der Waals surface area (Å²) in [5.41, 5.74) is 2.28. The van der Waals surface area contributed by atoms with Gasteiger partial charge in [0.1, 0.15) is 0 Å². The summed E-state index contributed by atoms with van der Waals surface area (Å²) in [4.78, 5) is 1.66. The van der Waals surface area contributed by atoms with E-state index in [9.17, 15) is 0 Å². The maximum Gasteiger partial charge on any atom is 0.0966 e. The summed E-state index contributed by atoms with van der Waals surface area (Å²) in [6.45, 7) is 2.16. The van der Waals surface area contributed by atoms with Crippen LogP contribution < -0.4 is 0 Å². The molecule has 0 unspecified atom stereocenters. The van der Waals surface area contributed by atoms with Gasteiger partial charge in [-0.05, 0) is 12.0 Å². The molecule has 0 fully saturated rings. The first-order valence-electron chi connectivity index (χ1n) is 4.23. The SMILES string of the molecule is CCSCc1nn(C)nc1CSC. The lowest BCUT2D eigenvalue weighted by Crippen LogP contribution is -1.92. The van der Waals surface area contributed by atoms with E-state index >= 15 is 0 Å². The molecule has 13 heavy (non-hydrogen) atoms. The summed E-state index contributed by atoms with van der Waals surface area (Å²) < 4.78 is 0. The number of thioether (sulfide) groups is 2. The zero-order valence-electron chi connectivity index (χ0n) is 8.28. The first kappa shape index (κ1) is 10.9. The standard InChI is InChI=1S/C8H15N3S2/c1-4-13-6-8-7(5-12-3)9-11(2)10-8/h4-6H2,1-3H3. The van der Waals surface area contributed by atoms with Gasteiger partial charge in [0, 0.05) is 18.6 Å². The molecule has 5 heteroatoms. The van der Waals surface area contributed by atoms with Gasteiger partial charge < -0.3 is 0 Å². The second-order valence-corrected chi connectivity index (χ2v) is 4.79. The quantitative estimate of drug-likeness (QED) is 0.754. The topological polar surface area (TPSA) is 30.7 Å². The molecule has 0 atom stereocenters. The van der Waals surface area contributed by atoms with Gasteiger partial charge in [-0.25, -0.2) is 0 Å². The highest BCUT2D eigenvalue weighted by Crippen LogP contribution is 2.15. The molecule has 0 aliphatic heterocycles. The Morgan fingerprint density at radius 1 is 1.23 bits per heavy atom. The average molecular weight is 217 g/mol. The fourth-order valence-electron chi connectivity index (χ4n) is 1.05.